The van der Waals surface area contributed by atoms with Gasteiger partial charge in [0.2, 0.25) is 0 Å². The molecular formula is C19H24N4O. The van der Waals surface area contributed by atoms with E-state index in [1.54, 1.807) is 11.1 Å². The maximum atomic E-state index is 12.6. The Labute approximate surface area is 142 Å². The number of rotatable bonds is 4. The number of carbonyl (C=O) groups is 1. The Hall–Kier alpha value is -2.56. The molecule has 1 amide bonds. The second-order valence-corrected chi connectivity index (χ2v) is 7.23. The van der Waals surface area contributed by atoms with Crippen molar-refractivity contribution in [1.29, 1.82) is 0 Å². The number of benzene rings is 1. The van der Waals surface area contributed by atoms with Gasteiger partial charge in [0.05, 0.1) is 6.54 Å². The van der Waals surface area contributed by atoms with Gasteiger partial charge in [-0.3, -0.25) is 9.48 Å². The number of carbonyl (C=O) groups excluding carboxylic acids is 1. The number of nitrogens with one attached hydrogen (secondary N) is 1. The van der Waals surface area contributed by atoms with Crippen molar-refractivity contribution >= 4 is 16.8 Å². The summed E-state index contributed by atoms with van der Waals surface area (Å²) in [5.74, 6) is -0.00401. The molecule has 0 unspecified atom stereocenters. The largest absolute Gasteiger partial charge is 0.351 e. The summed E-state index contributed by atoms with van der Waals surface area (Å²) >= 11 is 0. The summed E-state index contributed by atoms with van der Waals surface area (Å²) in [6.45, 7) is 7.87. The number of fused-ring (bicyclic) bond motifs is 1. The fourth-order valence-electron chi connectivity index (χ4n) is 2.71. The van der Waals surface area contributed by atoms with Gasteiger partial charge < -0.3 is 9.88 Å². The van der Waals surface area contributed by atoms with E-state index < -0.39 is 0 Å². The Morgan fingerprint density at radius 2 is 2.08 bits per heavy atom. The lowest BCUT2D eigenvalue weighted by Crippen LogP contribution is -2.30. The molecule has 5 heteroatoms. The first kappa shape index (κ1) is 16.3. The van der Waals surface area contributed by atoms with Crippen molar-refractivity contribution in [3.05, 3.63) is 54.0 Å². The molecule has 2 aromatic heterocycles. The van der Waals surface area contributed by atoms with Crippen LogP contribution in [0.2, 0.25) is 0 Å². The van der Waals surface area contributed by atoms with Gasteiger partial charge >= 0.3 is 0 Å². The van der Waals surface area contributed by atoms with Crippen molar-refractivity contribution in [3.8, 4) is 0 Å². The molecule has 2 heterocycles. The third-order valence-corrected chi connectivity index (χ3v) is 4.29. The van der Waals surface area contributed by atoms with E-state index in [-0.39, 0.29) is 11.3 Å². The average molecular weight is 324 g/mol. The predicted molar refractivity (Wildman–Crippen MR) is 96.2 cm³/mol. The van der Waals surface area contributed by atoms with Gasteiger partial charge in [-0.1, -0.05) is 26.8 Å². The number of hydrogen-bond donors (Lipinski definition) is 1. The molecule has 0 aliphatic heterocycles. The number of H-pyrrole nitrogens is 1. The van der Waals surface area contributed by atoms with Crippen LogP contribution in [0.15, 0.2) is 42.7 Å². The molecule has 0 aliphatic carbocycles. The van der Waals surface area contributed by atoms with Gasteiger partial charge in [-0.2, -0.15) is 5.10 Å². The molecule has 0 aliphatic rings. The summed E-state index contributed by atoms with van der Waals surface area (Å²) in [5, 5.41) is 5.23. The van der Waals surface area contributed by atoms with Crippen LogP contribution < -0.4 is 0 Å². The molecule has 5 nitrogen and oxygen atoms in total. The third kappa shape index (κ3) is 3.35. The van der Waals surface area contributed by atoms with Crippen LogP contribution in [0.25, 0.3) is 10.9 Å². The van der Waals surface area contributed by atoms with Gasteiger partial charge in [-0.25, -0.2) is 0 Å². The lowest BCUT2D eigenvalue weighted by Gasteiger charge is -2.18. The highest BCUT2D eigenvalue weighted by Gasteiger charge is 2.17. The molecule has 0 spiro atoms. The van der Waals surface area contributed by atoms with Crippen molar-refractivity contribution in [1.82, 2.24) is 19.7 Å². The highest BCUT2D eigenvalue weighted by Crippen LogP contribution is 2.26. The molecule has 0 saturated heterocycles. The van der Waals surface area contributed by atoms with Gasteiger partial charge in [0, 0.05) is 36.9 Å². The van der Waals surface area contributed by atoms with Gasteiger partial charge in [0.1, 0.15) is 5.69 Å². The van der Waals surface area contributed by atoms with Crippen molar-refractivity contribution in [2.45, 2.75) is 32.7 Å². The fraction of sp³-hybridized carbons (Fsp3) is 0.368. The smallest absolute Gasteiger partial charge is 0.270 e. The van der Waals surface area contributed by atoms with E-state index in [1.807, 2.05) is 30.1 Å². The first-order chi connectivity index (χ1) is 11.3. The Balaban J connectivity index is 1.76. The summed E-state index contributed by atoms with van der Waals surface area (Å²) in [4.78, 5) is 17.6. The summed E-state index contributed by atoms with van der Waals surface area (Å²) in [7, 11) is 1.82. The van der Waals surface area contributed by atoms with Crippen LogP contribution in [0.4, 0.5) is 0 Å². The minimum atomic E-state index is -0.00401. The zero-order chi connectivity index (χ0) is 17.3. The van der Waals surface area contributed by atoms with Crippen LogP contribution in [0, 0.1) is 0 Å². The normalized spacial score (nSPS) is 11.8. The molecule has 0 atom stereocenters. The van der Waals surface area contributed by atoms with E-state index in [4.69, 9.17) is 0 Å². The van der Waals surface area contributed by atoms with E-state index in [0.29, 0.717) is 18.8 Å². The summed E-state index contributed by atoms with van der Waals surface area (Å²) in [6, 6.07) is 10.2. The van der Waals surface area contributed by atoms with E-state index in [2.05, 4.69) is 49.1 Å². The second kappa shape index (κ2) is 6.15. The van der Waals surface area contributed by atoms with E-state index >= 15 is 0 Å². The van der Waals surface area contributed by atoms with Crippen molar-refractivity contribution < 1.29 is 4.79 Å². The summed E-state index contributed by atoms with van der Waals surface area (Å²) < 4.78 is 1.82. The van der Waals surface area contributed by atoms with Crippen LogP contribution in [0.1, 0.15) is 36.8 Å². The van der Waals surface area contributed by atoms with Crippen molar-refractivity contribution in [2.24, 2.45) is 0 Å². The van der Waals surface area contributed by atoms with Crippen LogP contribution in [0.3, 0.4) is 0 Å². The molecule has 1 aromatic carbocycles. The minimum absolute atomic E-state index is 0.00401. The molecule has 0 fully saturated rings. The van der Waals surface area contributed by atoms with Gasteiger partial charge in [-0.15, -0.1) is 0 Å². The predicted octanol–water partition coefficient (Wildman–Crippen LogP) is 3.43. The van der Waals surface area contributed by atoms with E-state index in [0.717, 1.165) is 10.9 Å². The SMILES string of the molecule is CN(CCn1cccn1)C(=O)c1cc2cc(C(C)(C)C)ccc2[nH]1. The maximum absolute atomic E-state index is 12.6. The number of aromatic nitrogens is 3. The Bertz CT molecular complexity index is 840. The third-order valence-electron chi connectivity index (χ3n) is 4.29. The molecule has 0 saturated carbocycles. The number of hydrogen-bond acceptors (Lipinski definition) is 2. The first-order valence-electron chi connectivity index (χ1n) is 8.21. The molecular weight excluding hydrogens is 300 g/mol. The fourth-order valence-corrected chi connectivity index (χ4v) is 2.71. The summed E-state index contributed by atoms with van der Waals surface area (Å²) in [6.07, 6.45) is 3.64. The Morgan fingerprint density at radius 1 is 1.29 bits per heavy atom. The van der Waals surface area contributed by atoms with Gasteiger partial charge in [-0.05, 0) is 35.2 Å². The molecule has 0 bridgehead atoms. The van der Waals surface area contributed by atoms with Crippen LogP contribution in [-0.2, 0) is 12.0 Å². The molecule has 0 radical (unpaired) electrons. The van der Waals surface area contributed by atoms with E-state index in [9.17, 15) is 4.79 Å². The van der Waals surface area contributed by atoms with Crippen LogP contribution in [-0.4, -0.2) is 39.2 Å². The van der Waals surface area contributed by atoms with Crippen LogP contribution in [0.5, 0.6) is 0 Å². The highest BCUT2D eigenvalue weighted by molar-refractivity contribution is 5.98. The number of aromatic amines is 1. The maximum Gasteiger partial charge on any atom is 0.270 e. The first-order valence-corrected chi connectivity index (χ1v) is 8.21. The number of amides is 1. The average Bonchev–Trinajstić information content (AvgIpc) is 3.19. The molecule has 126 valence electrons. The zero-order valence-electron chi connectivity index (χ0n) is 14.7. The van der Waals surface area contributed by atoms with Crippen molar-refractivity contribution in [2.75, 3.05) is 13.6 Å². The van der Waals surface area contributed by atoms with E-state index in [1.165, 1.54) is 5.56 Å². The Morgan fingerprint density at radius 3 is 2.75 bits per heavy atom. The number of likely N-dealkylation sites (N-methyl/N-ethyl adjacent to an activating group) is 1. The summed E-state index contributed by atoms with van der Waals surface area (Å²) in [5.41, 5.74) is 2.97. The van der Waals surface area contributed by atoms with Crippen LogP contribution >= 0.6 is 0 Å². The molecule has 1 N–H and O–H groups in total. The molecule has 3 aromatic rings. The van der Waals surface area contributed by atoms with Crippen molar-refractivity contribution in [3.63, 3.8) is 0 Å². The van der Waals surface area contributed by atoms with Gasteiger partial charge in [0.25, 0.3) is 5.91 Å². The topological polar surface area (TPSA) is 53.9 Å². The van der Waals surface area contributed by atoms with Gasteiger partial charge in [0.15, 0.2) is 0 Å². The quantitative estimate of drug-likeness (QED) is 0.799. The molecule has 3 rings (SSSR count). The highest BCUT2D eigenvalue weighted by atomic mass is 16.2. The second-order valence-electron chi connectivity index (χ2n) is 7.23. The minimum Gasteiger partial charge on any atom is -0.351 e. The zero-order valence-corrected chi connectivity index (χ0v) is 14.7. The standard InChI is InChI=1S/C19H24N4O/c1-19(2,3)15-6-7-16-14(12-15)13-17(21-16)18(24)22(4)10-11-23-9-5-8-20-23/h5-9,12-13,21H,10-11H2,1-4H3. The Kier molecular flexibility index (Phi) is 4.18. The lowest BCUT2D eigenvalue weighted by molar-refractivity contribution is 0.0784. The monoisotopic (exact) mass is 324 g/mol. The molecule has 24 heavy (non-hydrogen) atoms. The lowest BCUT2D eigenvalue weighted by atomic mass is 9.86. The number of nitrogens with zero attached hydrogens (tertiary/aromatic N) is 3.